The first-order valence-corrected chi connectivity index (χ1v) is 15.1. The van der Waals surface area contributed by atoms with Gasteiger partial charge in [0.2, 0.25) is 0 Å². The highest BCUT2D eigenvalue weighted by atomic mass is 32.1. The van der Waals surface area contributed by atoms with Crippen LogP contribution in [0.3, 0.4) is 0 Å². The largest absolute Gasteiger partial charge is 0.497 e. The highest BCUT2D eigenvalue weighted by Crippen LogP contribution is 2.44. The summed E-state index contributed by atoms with van der Waals surface area (Å²) in [6.45, 7) is 8.80. The Morgan fingerprint density at radius 3 is 2.48 bits per heavy atom. The van der Waals surface area contributed by atoms with Crippen molar-refractivity contribution in [1.29, 1.82) is 0 Å². The summed E-state index contributed by atoms with van der Waals surface area (Å²) in [6.07, 6.45) is 6.93. The standard InChI is InChI=1S/C34H41N4OS/c1-6-21-38(3,4)22-13-20-36(7-2)34-24-26(23-33-35-30-16-11-12-17-32(30)40-33)29-19-18-28(39-5)25-31(29)37(34)27-14-9-8-10-15-27/h8-12,14-19,23-25H,6-7,13,20-22H2,1-5H3/q+1/b26-23-. The third-order valence-electron chi connectivity index (χ3n) is 7.60. The van der Waals surface area contributed by atoms with Crippen LogP contribution in [-0.2, 0) is 0 Å². The molecule has 0 aliphatic carbocycles. The maximum Gasteiger partial charge on any atom is 0.120 e. The third-order valence-corrected chi connectivity index (χ3v) is 8.58. The van der Waals surface area contributed by atoms with Gasteiger partial charge in [0.25, 0.3) is 0 Å². The molecule has 0 amide bonds. The van der Waals surface area contributed by atoms with Gasteiger partial charge in [-0.25, -0.2) is 4.98 Å². The van der Waals surface area contributed by atoms with Gasteiger partial charge < -0.3 is 14.1 Å². The number of benzene rings is 3. The lowest BCUT2D eigenvalue weighted by Gasteiger charge is -2.40. The Hall–Kier alpha value is -3.61. The van der Waals surface area contributed by atoms with Crippen LogP contribution in [0.1, 0.15) is 37.3 Å². The molecule has 208 valence electrons. The Morgan fingerprint density at radius 2 is 1.75 bits per heavy atom. The number of quaternary nitrogens is 1. The van der Waals surface area contributed by atoms with Gasteiger partial charge in [0, 0.05) is 36.8 Å². The number of fused-ring (bicyclic) bond motifs is 2. The van der Waals surface area contributed by atoms with E-state index in [2.05, 4.69) is 123 Å². The molecule has 3 aromatic carbocycles. The summed E-state index contributed by atoms with van der Waals surface area (Å²) < 4.78 is 7.97. The van der Waals surface area contributed by atoms with Gasteiger partial charge in [0.05, 0.1) is 50.2 Å². The minimum atomic E-state index is 0.849. The zero-order chi connectivity index (χ0) is 28.1. The quantitative estimate of drug-likeness (QED) is 0.176. The molecule has 1 aliphatic heterocycles. The van der Waals surface area contributed by atoms with E-state index in [1.165, 1.54) is 34.6 Å². The number of allylic oxidation sites excluding steroid dienone is 2. The molecule has 0 fully saturated rings. The molecule has 5 rings (SSSR count). The van der Waals surface area contributed by atoms with Gasteiger partial charge in [0.1, 0.15) is 16.6 Å². The molecular weight excluding hydrogens is 512 g/mol. The number of nitrogens with zero attached hydrogens (tertiary/aromatic N) is 4. The second-order valence-corrected chi connectivity index (χ2v) is 12.1. The van der Waals surface area contributed by atoms with Crippen LogP contribution in [0.25, 0.3) is 21.9 Å². The Kier molecular flexibility index (Phi) is 8.57. The van der Waals surface area contributed by atoms with Crippen molar-refractivity contribution in [2.45, 2.75) is 26.7 Å². The van der Waals surface area contributed by atoms with Gasteiger partial charge in [-0.05, 0) is 67.5 Å². The van der Waals surface area contributed by atoms with Crippen molar-refractivity contribution < 1.29 is 9.22 Å². The van der Waals surface area contributed by atoms with Gasteiger partial charge in [-0.2, -0.15) is 0 Å². The van der Waals surface area contributed by atoms with E-state index in [4.69, 9.17) is 9.72 Å². The van der Waals surface area contributed by atoms with Crippen molar-refractivity contribution in [3.8, 4) is 5.75 Å². The van der Waals surface area contributed by atoms with Crippen molar-refractivity contribution >= 4 is 44.6 Å². The van der Waals surface area contributed by atoms with Gasteiger partial charge >= 0.3 is 0 Å². The molecule has 0 bridgehead atoms. The number of anilines is 2. The molecule has 4 aromatic rings. The minimum absolute atomic E-state index is 0.849. The average Bonchev–Trinajstić information content (AvgIpc) is 3.37. The normalized spacial score (nSPS) is 14.4. The van der Waals surface area contributed by atoms with E-state index in [-0.39, 0.29) is 0 Å². The number of hydrogen-bond donors (Lipinski definition) is 0. The molecule has 40 heavy (non-hydrogen) atoms. The van der Waals surface area contributed by atoms with Crippen LogP contribution in [0.4, 0.5) is 11.4 Å². The number of aromatic nitrogens is 1. The summed E-state index contributed by atoms with van der Waals surface area (Å²) in [5.74, 6) is 2.03. The fraction of sp³-hybridized carbons (Fsp3) is 0.324. The van der Waals surface area contributed by atoms with Crippen molar-refractivity contribution in [2.75, 3.05) is 52.3 Å². The van der Waals surface area contributed by atoms with Crippen LogP contribution in [0.5, 0.6) is 5.75 Å². The van der Waals surface area contributed by atoms with E-state index in [0.717, 1.165) is 58.2 Å². The van der Waals surface area contributed by atoms with Crippen molar-refractivity contribution in [3.63, 3.8) is 0 Å². The lowest BCUT2D eigenvalue weighted by molar-refractivity contribution is -0.890. The van der Waals surface area contributed by atoms with E-state index in [0.29, 0.717) is 0 Å². The van der Waals surface area contributed by atoms with Crippen LogP contribution in [0.2, 0.25) is 0 Å². The SMILES string of the molecule is CCC[N+](C)(C)CCCN(CC)C1=C/C(=C/c2nc3ccccc3s2)c2ccc(OC)cc2N1c1ccccc1. The summed E-state index contributed by atoms with van der Waals surface area (Å²) >= 11 is 1.74. The molecular formula is C34H41N4OS+. The molecule has 0 N–H and O–H groups in total. The monoisotopic (exact) mass is 553 g/mol. The first kappa shape index (κ1) is 27.9. The van der Waals surface area contributed by atoms with Crippen molar-refractivity contribution in [2.24, 2.45) is 0 Å². The Balaban J connectivity index is 1.61. The number of rotatable bonds is 11. The highest BCUT2D eigenvalue weighted by Gasteiger charge is 2.28. The van der Waals surface area contributed by atoms with E-state index >= 15 is 0 Å². The molecule has 0 saturated heterocycles. The summed E-state index contributed by atoms with van der Waals surface area (Å²) in [6, 6.07) is 25.4. The molecule has 2 heterocycles. The van der Waals surface area contributed by atoms with E-state index in [9.17, 15) is 0 Å². The fourth-order valence-corrected chi connectivity index (χ4v) is 6.52. The molecule has 0 radical (unpaired) electrons. The summed E-state index contributed by atoms with van der Waals surface area (Å²) in [5, 5.41) is 1.02. The maximum atomic E-state index is 5.71. The molecule has 1 aliphatic rings. The first-order chi connectivity index (χ1) is 19.4. The summed E-state index contributed by atoms with van der Waals surface area (Å²) in [5.41, 5.74) is 5.64. The number of hydrogen-bond acceptors (Lipinski definition) is 5. The maximum absolute atomic E-state index is 5.71. The predicted octanol–water partition coefficient (Wildman–Crippen LogP) is 8.04. The first-order valence-electron chi connectivity index (χ1n) is 14.3. The lowest BCUT2D eigenvalue weighted by Crippen LogP contribution is -2.43. The average molecular weight is 554 g/mol. The molecule has 0 spiro atoms. The van der Waals surface area contributed by atoms with E-state index in [1.54, 1.807) is 18.4 Å². The summed E-state index contributed by atoms with van der Waals surface area (Å²) in [7, 11) is 6.43. The van der Waals surface area contributed by atoms with Crippen LogP contribution < -0.4 is 9.64 Å². The molecule has 1 aromatic heterocycles. The second-order valence-electron chi connectivity index (χ2n) is 11.0. The van der Waals surface area contributed by atoms with E-state index < -0.39 is 0 Å². The molecule has 6 heteroatoms. The van der Waals surface area contributed by atoms with Crippen molar-refractivity contribution in [1.82, 2.24) is 9.88 Å². The smallest absolute Gasteiger partial charge is 0.120 e. The Labute approximate surface area is 243 Å². The van der Waals surface area contributed by atoms with Crippen LogP contribution in [-0.4, -0.2) is 61.8 Å². The van der Waals surface area contributed by atoms with Gasteiger partial charge in [-0.15, -0.1) is 11.3 Å². The zero-order valence-corrected chi connectivity index (χ0v) is 25.2. The van der Waals surface area contributed by atoms with E-state index in [1.807, 2.05) is 0 Å². The molecule has 0 saturated carbocycles. The minimum Gasteiger partial charge on any atom is -0.497 e. The molecule has 5 nitrogen and oxygen atoms in total. The predicted molar refractivity (Wildman–Crippen MR) is 171 cm³/mol. The van der Waals surface area contributed by atoms with Gasteiger partial charge in [-0.3, -0.25) is 4.90 Å². The lowest BCUT2D eigenvalue weighted by atomic mass is 9.97. The summed E-state index contributed by atoms with van der Waals surface area (Å²) in [4.78, 5) is 9.85. The van der Waals surface area contributed by atoms with Crippen LogP contribution in [0.15, 0.2) is 84.7 Å². The topological polar surface area (TPSA) is 28.6 Å². The number of thiazole rings is 1. The third kappa shape index (κ3) is 6.08. The molecule has 0 unspecified atom stereocenters. The Bertz CT molecular complexity index is 1470. The van der Waals surface area contributed by atoms with Crippen molar-refractivity contribution in [3.05, 3.63) is 95.3 Å². The van der Waals surface area contributed by atoms with Gasteiger partial charge in [-0.1, -0.05) is 37.3 Å². The number of ether oxygens (including phenoxy) is 1. The molecule has 0 atom stereocenters. The number of para-hydroxylation sites is 2. The second kappa shape index (κ2) is 12.3. The zero-order valence-electron chi connectivity index (χ0n) is 24.4. The highest BCUT2D eigenvalue weighted by molar-refractivity contribution is 7.19. The van der Waals surface area contributed by atoms with Crippen LogP contribution >= 0.6 is 11.3 Å². The fourth-order valence-electron chi connectivity index (χ4n) is 5.60. The van der Waals surface area contributed by atoms with Crippen LogP contribution in [0, 0.1) is 0 Å². The Morgan fingerprint density at radius 1 is 0.975 bits per heavy atom. The van der Waals surface area contributed by atoms with Gasteiger partial charge in [0.15, 0.2) is 0 Å². The number of methoxy groups -OCH3 is 1.